The molecule has 0 saturated carbocycles. The lowest BCUT2D eigenvalue weighted by Crippen LogP contribution is -2.46. The van der Waals surface area contributed by atoms with Gasteiger partial charge in [-0.3, -0.25) is 4.99 Å². The van der Waals surface area contributed by atoms with Crippen molar-refractivity contribution in [2.45, 2.75) is 38.0 Å². The summed E-state index contributed by atoms with van der Waals surface area (Å²) in [5, 5.41) is 5.22. The van der Waals surface area contributed by atoms with Crippen LogP contribution in [0.3, 0.4) is 0 Å². The molecule has 0 amide bonds. The predicted molar refractivity (Wildman–Crippen MR) is 69.6 cm³/mol. The number of hydrogen-bond acceptors (Lipinski definition) is 3. The van der Waals surface area contributed by atoms with Crippen LogP contribution in [0.15, 0.2) is 4.99 Å². The number of nitrogens with one attached hydrogen (secondary N) is 1. The molecule has 0 radical (unpaired) electrons. The van der Waals surface area contributed by atoms with Crippen molar-refractivity contribution < 1.29 is 0 Å². The Morgan fingerprint density at radius 2 is 2.36 bits per heavy atom. The maximum atomic E-state index is 4.60. The molecule has 0 spiro atoms. The van der Waals surface area contributed by atoms with Gasteiger partial charge in [-0.15, -0.1) is 0 Å². The van der Waals surface area contributed by atoms with Gasteiger partial charge in [-0.1, -0.05) is 18.7 Å². The van der Waals surface area contributed by atoms with Crippen molar-refractivity contribution in [1.82, 2.24) is 5.32 Å². The van der Waals surface area contributed by atoms with Gasteiger partial charge >= 0.3 is 0 Å². The van der Waals surface area contributed by atoms with Crippen molar-refractivity contribution in [1.29, 1.82) is 0 Å². The van der Waals surface area contributed by atoms with Crippen LogP contribution in [0, 0.1) is 0 Å². The van der Waals surface area contributed by atoms with E-state index in [1.54, 1.807) is 0 Å². The molecule has 82 valence electrons. The molecule has 2 nitrogen and oxygen atoms in total. The third-order valence-corrected chi connectivity index (χ3v) is 4.17. The summed E-state index contributed by atoms with van der Waals surface area (Å²) in [7, 11) is 0. The topological polar surface area (TPSA) is 24.4 Å². The predicted octanol–water partition coefficient (Wildman–Crippen LogP) is 2.60. The highest BCUT2D eigenvalue weighted by Gasteiger charge is 2.23. The number of amidine groups is 1. The normalized spacial score (nSPS) is 25.9. The van der Waals surface area contributed by atoms with E-state index in [0.29, 0.717) is 5.25 Å². The third-order valence-electron chi connectivity index (χ3n) is 2.31. The van der Waals surface area contributed by atoms with Crippen LogP contribution in [0.25, 0.3) is 0 Å². The quantitative estimate of drug-likeness (QED) is 0.809. The third kappa shape index (κ3) is 4.13. The van der Waals surface area contributed by atoms with Crippen molar-refractivity contribution in [3.63, 3.8) is 0 Å². The minimum Gasteiger partial charge on any atom is -0.360 e. The Balaban J connectivity index is 2.43. The van der Waals surface area contributed by atoms with Crippen LogP contribution >= 0.6 is 23.5 Å². The first-order valence-electron chi connectivity index (χ1n) is 5.02. The van der Waals surface area contributed by atoms with Crippen molar-refractivity contribution in [3.05, 3.63) is 0 Å². The van der Waals surface area contributed by atoms with Gasteiger partial charge in [-0.2, -0.15) is 11.8 Å². The molecule has 4 heteroatoms. The number of hydrogen-bond donors (Lipinski definition) is 1. The molecule has 1 aliphatic rings. The summed E-state index contributed by atoms with van der Waals surface area (Å²) in [4.78, 5) is 4.60. The van der Waals surface area contributed by atoms with Gasteiger partial charge in [0.15, 0.2) is 5.17 Å². The van der Waals surface area contributed by atoms with Crippen LogP contribution in [0.1, 0.15) is 27.2 Å². The summed E-state index contributed by atoms with van der Waals surface area (Å²) in [6.45, 7) is 7.61. The molecule has 0 aromatic carbocycles. The minimum absolute atomic E-state index is 0.229. The second kappa shape index (κ2) is 5.31. The Hall–Kier alpha value is 0.170. The fourth-order valence-corrected chi connectivity index (χ4v) is 2.71. The van der Waals surface area contributed by atoms with Gasteiger partial charge < -0.3 is 5.32 Å². The summed E-state index contributed by atoms with van der Waals surface area (Å²) < 4.78 is 0. The monoisotopic (exact) mass is 232 g/mol. The van der Waals surface area contributed by atoms with Gasteiger partial charge in [0.2, 0.25) is 0 Å². The lowest BCUT2D eigenvalue weighted by molar-refractivity contribution is 0.446. The SMILES string of the molecule is CSC(C)CN=C1NC(C)(C)CCS1. The second-order valence-electron chi connectivity index (χ2n) is 4.30. The molecule has 1 aliphatic heterocycles. The van der Waals surface area contributed by atoms with Crippen LogP contribution < -0.4 is 5.32 Å². The van der Waals surface area contributed by atoms with E-state index in [0.717, 1.165) is 11.7 Å². The van der Waals surface area contributed by atoms with Crippen molar-refractivity contribution >= 4 is 28.7 Å². The van der Waals surface area contributed by atoms with E-state index in [-0.39, 0.29) is 5.54 Å². The molecule has 0 aromatic heterocycles. The first-order valence-corrected chi connectivity index (χ1v) is 7.29. The summed E-state index contributed by atoms with van der Waals surface area (Å²) in [6, 6.07) is 0. The minimum atomic E-state index is 0.229. The molecular formula is C10H20N2S2. The highest BCUT2D eigenvalue weighted by Crippen LogP contribution is 2.21. The van der Waals surface area contributed by atoms with E-state index in [2.05, 4.69) is 37.3 Å². The fraction of sp³-hybridized carbons (Fsp3) is 0.900. The van der Waals surface area contributed by atoms with Crippen LogP contribution in [0.5, 0.6) is 0 Å². The van der Waals surface area contributed by atoms with E-state index in [9.17, 15) is 0 Å². The Morgan fingerprint density at radius 1 is 1.64 bits per heavy atom. The molecule has 1 rings (SSSR count). The molecule has 0 bridgehead atoms. The molecule has 1 saturated heterocycles. The van der Waals surface area contributed by atoms with Crippen molar-refractivity contribution in [2.75, 3.05) is 18.6 Å². The maximum Gasteiger partial charge on any atom is 0.156 e. The number of nitrogens with zero attached hydrogens (tertiary/aromatic N) is 1. The molecule has 1 N–H and O–H groups in total. The van der Waals surface area contributed by atoms with Crippen LogP contribution in [-0.2, 0) is 0 Å². The molecular weight excluding hydrogens is 212 g/mol. The zero-order chi connectivity index (χ0) is 10.6. The highest BCUT2D eigenvalue weighted by atomic mass is 32.2. The molecule has 1 unspecified atom stereocenters. The van der Waals surface area contributed by atoms with E-state index < -0.39 is 0 Å². The standard InChI is InChI=1S/C10H20N2S2/c1-8(13-4)7-11-9-12-10(2,3)5-6-14-9/h8H,5-7H2,1-4H3,(H,11,12). The Labute approximate surface area is 95.7 Å². The average Bonchev–Trinajstić information content (AvgIpc) is 2.12. The molecule has 1 fully saturated rings. The smallest absolute Gasteiger partial charge is 0.156 e. The molecule has 14 heavy (non-hydrogen) atoms. The maximum absolute atomic E-state index is 4.60. The van der Waals surface area contributed by atoms with Crippen LogP contribution in [-0.4, -0.2) is 34.5 Å². The van der Waals surface area contributed by atoms with Gasteiger partial charge in [-0.05, 0) is 26.5 Å². The Kier molecular flexibility index (Phi) is 4.64. The highest BCUT2D eigenvalue weighted by molar-refractivity contribution is 8.13. The van der Waals surface area contributed by atoms with E-state index in [1.807, 2.05) is 23.5 Å². The fourth-order valence-electron chi connectivity index (χ4n) is 1.16. The van der Waals surface area contributed by atoms with E-state index in [1.165, 1.54) is 12.2 Å². The Bertz CT molecular complexity index is 214. The summed E-state index contributed by atoms with van der Waals surface area (Å²) in [5.41, 5.74) is 0.229. The number of thioether (sulfide) groups is 2. The van der Waals surface area contributed by atoms with Crippen molar-refractivity contribution in [3.8, 4) is 0 Å². The number of rotatable bonds is 3. The largest absolute Gasteiger partial charge is 0.360 e. The van der Waals surface area contributed by atoms with Crippen molar-refractivity contribution in [2.24, 2.45) is 4.99 Å². The van der Waals surface area contributed by atoms with Gasteiger partial charge in [-0.25, -0.2) is 0 Å². The Morgan fingerprint density at radius 3 is 2.93 bits per heavy atom. The molecule has 0 aromatic rings. The van der Waals surface area contributed by atoms with Gasteiger partial charge in [0.05, 0.1) is 6.54 Å². The lowest BCUT2D eigenvalue weighted by atomic mass is 10.0. The lowest BCUT2D eigenvalue weighted by Gasteiger charge is -2.32. The van der Waals surface area contributed by atoms with E-state index >= 15 is 0 Å². The summed E-state index contributed by atoms with van der Waals surface area (Å²) in [5.74, 6) is 1.19. The molecule has 1 heterocycles. The van der Waals surface area contributed by atoms with Crippen LogP contribution in [0.4, 0.5) is 0 Å². The van der Waals surface area contributed by atoms with E-state index in [4.69, 9.17) is 0 Å². The first kappa shape index (κ1) is 12.2. The zero-order valence-corrected chi connectivity index (χ0v) is 11.1. The summed E-state index contributed by atoms with van der Waals surface area (Å²) >= 11 is 3.72. The summed E-state index contributed by atoms with van der Waals surface area (Å²) in [6.07, 6.45) is 3.35. The van der Waals surface area contributed by atoms with Crippen LogP contribution in [0.2, 0.25) is 0 Å². The second-order valence-corrected chi connectivity index (χ2v) is 6.66. The van der Waals surface area contributed by atoms with Gasteiger partial charge in [0.1, 0.15) is 0 Å². The number of aliphatic imine (C=N–C) groups is 1. The van der Waals surface area contributed by atoms with Gasteiger partial charge in [0.25, 0.3) is 0 Å². The van der Waals surface area contributed by atoms with Gasteiger partial charge in [0, 0.05) is 16.5 Å². The molecule has 1 atom stereocenters. The zero-order valence-electron chi connectivity index (χ0n) is 9.46. The molecule has 0 aliphatic carbocycles. The first-order chi connectivity index (χ1) is 6.53. The average molecular weight is 232 g/mol.